The van der Waals surface area contributed by atoms with E-state index in [0.717, 1.165) is 5.56 Å². The molecule has 0 unspecified atom stereocenters. The van der Waals surface area contributed by atoms with Crippen molar-refractivity contribution in [3.63, 3.8) is 0 Å². The van der Waals surface area contributed by atoms with Crippen molar-refractivity contribution < 1.29 is 9.32 Å². The van der Waals surface area contributed by atoms with Gasteiger partial charge in [0.2, 0.25) is 0 Å². The Morgan fingerprint density at radius 1 is 1.73 bits per heavy atom. The third-order valence-corrected chi connectivity index (χ3v) is 1.57. The highest BCUT2D eigenvalue weighted by molar-refractivity contribution is 5.92. The number of rotatable bonds is 2. The zero-order valence-electron chi connectivity index (χ0n) is 6.55. The van der Waals surface area contributed by atoms with Gasteiger partial charge in [0.25, 0.3) is 5.91 Å². The highest BCUT2D eigenvalue weighted by Gasteiger charge is 2.14. The number of amides is 1. The molecule has 0 fully saturated rings. The van der Waals surface area contributed by atoms with Gasteiger partial charge < -0.3 is 10.3 Å². The SMILES string of the molecule is CCc1c(C(N)=O)noc1C. The van der Waals surface area contributed by atoms with Gasteiger partial charge in [-0.2, -0.15) is 0 Å². The molecule has 0 bridgehead atoms. The lowest BCUT2D eigenvalue weighted by Crippen LogP contribution is -2.13. The van der Waals surface area contributed by atoms with E-state index in [2.05, 4.69) is 5.16 Å². The van der Waals surface area contributed by atoms with E-state index in [1.165, 1.54) is 0 Å². The van der Waals surface area contributed by atoms with Crippen LogP contribution in [0.2, 0.25) is 0 Å². The van der Waals surface area contributed by atoms with Crippen molar-refractivity contribution in [3.05, 3.63) is 17.0 Å². The normalized spacial score (nSPS) is 10.0. The Balaban J connectivity index is 3.15. The predicted octanol–water partition coefficient (Wildman–Crippen LogP) is 0.644. The fraction of sp³-hybridized carbons (Fsp3) is 0.429. The summed E-state index contributed by atoms with van der Waals surface area (Å²) in [5.74, 6) is 0.139. The quantitative estimate of drug-likeness (QED) is 0.679. The molecule has 0 aliphatic rings. The van der Waals surface area contributed by atoms with Crippen molar-refractivity contribution in [1.29, 1.82) is 0 Å². The molecule has 2 N–H and O–H groups in total. The summed E-state index contributed by atoms with van der Waals surface area (Å²) >= 11 is 0. The Labute approximate surface area is 64.4 Å². The number of carbonyl (C=O) groups excluding carboxylic acids is 1. The molecular weight excluding hydrogens is 144 g/mol. The van der Waals surface area contributed by atoms with E-state index in [-0.39, 0.29) is 5.69 Å². The highest BCUT2D eigenvalue weighted by Crippen LogP contribution is 2.12. The average Bonchev–Trinajstić information content (AvgIpc) is 2.30. The predicted molar refractivity (Wildman–Crippen MR) is 39.1 cm³/mol. The number of nitrogens with zero attached hydrogens (tertiary/aromatic N) is 1. The third-order valence-electron chi connectivity index (χ3n) is 1.57. The molecule has 0 radical (unpaired) electrons. The number of hydrogen-bond acceptors (Lipinski definition) is 3. The van der Waals surface area contributed by atoms with Crippen LogP contribution in [-0.2, 0) is 6.42 Å². The van der Waals surface area contributed by atoms with Crippen molar-refractivity contribution in [2.75, 3.05) is 0 Å². The van der Waals surface area contributed by atoms with Crippen LogP contribution in [-0.4, -0.2) is 11.1 Å². The summed E-state index contributed by atoms with van der Waals surface area (Å²) in [6, 6.07) is 0. The molecule has 11 heavy (non-hydrogen) atoms. The van der Waals surface area contributed by atoms with E-state index in [9.17, 15) is 4.79 Å². The van der Waals surface area contributed by atoms with Crippen LogP contribution in [0.15, 0.2) is 4.52 Å². The van der Waals surface area contributed by atoms with E-state index in [4.69, 9.17) is 10.3 Å². The van der Waals surface area contributed by atoms with E-state index in [0.29, 0.717) is 12.2 Å². The fourth-order valence-electron chi connectivity index (χ4n) is 1.00. The average molecular weight is 154 g/mol. The Morgan fingerprint density at radius 3 is 2.73 bits per heavy atom. The van der Waals surface area contributed by atoms with Crippen LogP contribution in [0.1, 0.15) is 28.7 Å². The van der Waals surface area contributed by atoms with Gasteiger partial charge in [0.15, 0.2) is 5.69 Å². The summed E-state index contributed by atoms with van der Waals surface area (Å²) in [6.07, 6.45) is 0.716. The topological polar surface area (TPSA) is 69.1 Å². The molecular formula is C7H10N2O2. The van der Waals surface area contributed by atoms with Crippen LogP contribution in [0.3, 0.4) is 0 Å². The zero-order chi connectivity index (χ0) is 8.43. The highest BCUT2D eigenvalue weighted by atomic mass is 16.5. The van der Waals surface area contributed by atoms with Crippen molar-refractivity contribution in [2.45, 2.75) is 20.3 Å². The first-order valence-electron chi connectivity index (χ1n) is 3.41. The summed E-state index contributed by atoms with van der Waals surface area (Å²) in [7, 11) is 0. The maximum absolute atomic E-state index is 10.7. The minimum Gasteiger partial charge on any atom is -0.364 e. The summed E-state index contributed by atoms with van der Waals surface area (Å²) in [4.78, 5) is 10.7. The fourth-order valence-corrected chi connectivity index (χ4v) is 1.00. The van der Waals surface area contributed by atoms with E-state index >= 15 is 0 Å². The molecule has 1 amide bonds. The van der Waals surface area contributed by atoms with E-state index < -0.39 is 5.91 Å². The zero-order valence-corrected chi connectivity index (χ0v) is 6.55. The molecule has 0 aromatic carbocycles. The minimum atomic E-state index is -0.529. The molecule has 1 aromatic rings. The number of hydrogen-bond donors (Lipinski definition) is 1. The lowest BCUT2D eigenvalue weighted by Gasteiger charge is -1.91. The van der Waals surface area contributed by atoms with Gasteiger partial charge in [0.05, 0.1) is 0 Å². The third kappa shape index (κ3) is 1.24. The van der Waals surface area contributed by atoms with Gasteiger partial charge in [-0.25, -0.2) is 0 Å². The summed E-state index contributed by atoms with van der Waals surface area (Å²) in [5.41, 5.74) is 6.10. The minimum absolute atomic E-state index is 0.255. The summed E-state index contributed by atoms with van der Waals surface area (Å²) in [5, 5.41) is 3.54. The Kier molecular flexibility index (Phi) is 1.94. The molecule has 4 heteroatoms. The second kappa shape index (κ2) is 2.74. The molecule has 1 heterocycles. The lowest BCUT2D eigenvalue weighted by molar-refractivity contribution is 0.0991. The molecule has 0 aliphatic carbocycles. The number of primary amides is 1. The Morgan fingerprint density at radius 2 is 2.36 bits per heavy atom. The van der Waals surface area contributed by atoms with Gasteiger partial charge in [0.1, 0.15) is 5.76 Å². The number of nitrogens with two attached hydrogens (primary N) is 1. The van der Waals surface area contributed by atoms with Crippen LogP contribution in [0.25, 0.3) is 0 Å². The molecule has 0 atom stereocenters. The van der Waals surface area contributed by atoms with Crippen LogP contribution in [0.5, 0.6) is 0 Å². The second-order valence-corrected chi connectivity index (χ2v) is 2.28. The van der Waals surface area contributed by atoms with Crippen LogP contribution < -0.4 is 5.73 Å². The van der Waals surface area contributed by atoms with Gasteiger partial charge in [-0.15, -0.1) is 0 Å². The van der Waals surface area contributed by atoms with Crippen molar-refractivity contribution in [3.8, 4) is 0 Å². The Hall–Kier alpha value is -1.32. The van der Waals surface area contributed by atoms with Crippen molar-refractivity contribution in [2.24, 2.45) is 5.73 Å². The number of aromatic nitrogens is 1. The molecule has 1 rings (SSSR count). The number of carbonyl (C=O) groups is 1. The first-order valence-corrected chi connectivity index (χ1v) is 3.41. The van der Waals surface area contributed by atoms with Gasteiger partial charge in [0, 0.05) is 5.56 Å². The molecule has 0 saturated heterocycles. The molecule has 1 aromatic heterocycles. The van der Waals surface area contributed by atoms with E-state index in [1.807, 2.05) is 6.92 Å². The first-order chi connectivity index (χ1) is 5.16. The maximum Gasteiger partial charge on any atom is 0.271 e. The maximum atomic E-state index is 10.7. The number of aryl methyl sites for hydroxylation is 1. The molecule has 0 spiro atoms. The first kappa shape index (κ1) is 7.78. The lowest BCUT2D eigenvalue weighted by atomic mass is 10.1. The van der Waals surface area contributed by atoms with Gasteiger partial charge in [-0.1, -0.05) is 12.1 Å². The standard InChI is InChI=1S/C7H10N2O2/c1-3-5-4(2)11-9-6(5)7(8)10/h3H2,1-2H3,(H2,8,10). The van der Waals surface area contributed by atoms with Crippen LogP contribution >= 0.6 is 0 Å². The second-order valence-electron chi connectivity index (χ2n) is 2.28. The van der Waals surface area contributed by atoms with Crippen molar-refractivity contribution >= 4 is 5.91 Å². The molecule has 4 nitrogen and oxygen atoms in total. The van der Waals surface area contributed by atoms with Crippen molar-refractivity contribution in [1.82, 2.24) is 5.16 Å². The smallest absolute Gasteiger partial charge is 0.271 e. The molecule has 60 valence electrons. The Bertz CT molecular complexity index is 278. The van der Waals surface area contributed by atoms with Gasteiger partial charge in [-0.3, -0.25) is 4.79 Å². The molecule has 0 aliphatic heterocycles. The van der Waals surface area contributed by atoms with Crippen LogP contribution in [0, 0.1) is 6.92 Å². The van der Waals surface area contributed by atoms with E-state index in [1.54, 1.807) is 6.92 Å². The monoisotopic (exact) mass is 154 g/mol. The van der Waals surface area contributed by atoms with Gasteiger partial charge >= 0.3 is 0 Å². The summed E-state index contributed by atoms with van der Waals surface area (Å²) in [6.45, 7) is 3.68. The summed E-state index contributed by atoms with van der Waals surface area (Å²) < 4.78 is 4.80. The van der Waals surface area contributed by atoms with Gasteiger partial charge in [-0.05, 0) is 13.3 Å². The van der Waals surface area contributed by atoms with Crippen LogP contribution in [0.4, 0.5) is 0 Å². The largest absolute Gasteiger partial charge is 0.364 e. The molecule has 0 saturated carbocycles.